The van der Waals surface area contributed by atoms with Crippen molar-refractivity contribution in [3.8, 4) is 6.07 Å². The van der Waals surface area contributed by atoms with Gasteiger partial charge in [0.25, 0.3) is 5.69 Å². The highest BCUT2D eigenvalue weighted by molar-refractivity contribution is 5.61. The van der Waals surface area contributed by atoms with E-state index in [1.165, 1.54) is 18.2 Å². The maximum Gasteiger partial charge on any atom is 0.270 e. The summed E-state index contributed by atoms with van der Waals surface area (Å²) in [6.45, 7) is 3.80. The Bertz CT molecular complexity index is 492. The summed E-state index contributed by atoms with van der Waals surface area (Å²) in [5, 5.41) is 32.3. The number of anilines is 1. The first kappa shape index (κ1) is 13.9. The van der Waals surface area contributed by atoms with Gasteiger partial charge in [0.2, 0.25) is 0 Å². The molecule has 0 aliphatic heterocycles. The summed E-state index contributed by atoms with van der Waals surface area (Å²) in [6.07, 6.45) is 0.564. The molecule has 1 atom stereocenters. The van der Waals surface area contributed by atoms with Crippen molar-refractivity contribution in [1.82, 2.24) is 0 Å². The second-order valence-electron chi connectivity index (χ2n) is 4.30. The standard InChI is InChI=1S/C12H15N3O3/c1-3-12(2,16)8-14-11-5-4-10(15(17)18)6-9(11)7-13/h4-6,14,16H,3,8H2,1-2H3. The van der Waals surface area contributed by atoms with E-state index in [0.717, 1.165) is 0 Å². The van der Waals surface area contributed by atoms with Gasteiger partial charge in [0.1, 0.15) is 6.07 Å². The molecule has 18 heavy (non-hydrogen) atoms. The Morgan fingerprint density at radius 3 is 2.78 bits per heavy atom. The number of rotatable bonds is 5. The Labute approximate surface area is 105 Å². The summed E-state index contributed by atoms with van der Waals surface area (Å²) in [4.78, 5) is 10.0. The summed E-state index contributed by atoms with van der Waals surface area (Å²) in [6, 6.07) is 5.91. The molecule has 1 aromatic carbocycles. The predicted molar refractivity (Wildman–Crippen MR) is 67.2 cm³/mol. The summed E-state index contributed by atoms with van der Waals surface area (Å²) < 4.78 is 0. The van der Waals surface area contributed by atoms with E-state index in [9.17, 15) is 15.2 Å². The van der Waals surface area contributed by atoms with E-state index in [1.54, 1.807) is 6.92 Å². The van der Waals surface area contributed by atoms with Crippen molar-refractivity contribution in [2.45, 2.75) is 25.9 Å². The van der Waals surface area contributed by atoms with E-state index >= 15 is 0 Å². The van der Waals surface area contributed by atoms with Gasteiger partial charge < -0.3 is 10.4 Å². The van der Waals surface area contributed by atoms with Gasteiger partial charge in [0.15, 0.2) is 0 Å². The summed E-state index contributed by atoms with van der Waals surface area (Å²) >= 11 is 0. The molecule has 1 aromatic rings. The quantitative estimate of drug-likeness (QED) is 0.614. The Morgan fingerprint density at radius 1 is 1.61 bits per heavy atom. The third-order valence-electron chi connectivity index (χ3n) is 2.76. The van der Waals surface area contributed by atoms with Crippen LogP contribution in [0.4, 0.5) is 11.4 Å². The maximum absolute atomic E-state index is 10.6. The smallest absolute Gasteiger partial charge is 0.270 e. The molecule has 0 heterocycles. The third-order valence-corrected chi connectivity index (χ3v) is 2.76. The van der Waals surface area contributed by atoms with Gasteiger partial charge in [-0.05, 0) is 19.4 Å². The van der Waals surface area contributed by atoms with Crippen molar-refractivity contribution < 1.29 is 10.0 Å². The number of nitrogens with zero attached hydrogens (tertiary/aromatic N) is 2. The van der Waals surface area contributed by atoms with Crippen molar-refractivity contribution in [3.63, 3.8) is 0 Å². The molecule has 1 unspecified atom stereocenters. The van der Waals surface area contributed by atoms with E-state index < -0.39 is 10.5 Å². The average molecular weight is 249 g/mol. The van der Waals surface area contributed by atoms with Crippen LogP contribution in [0.2, 0.25) is 0 Å². The van der Waals surface area contributed by atoms with Gasteiger partial charge in [-0.25, -0.2) is 0 Å². The van der Waals surface area contributed by atoms with Crippen LogP contribution in [0.5, 0.6) is 0 Å². The maximum atomic E-state index is 10.6. The molecule has 0 aliphatic carbocycles. The van der Waals surface area contributed by atoms with Crippen molar-refractivity contribution in [1.29, 1.82) is 5.26 Å². The first-order valence-electron chi connectivity index (χ1n) is 5.54. The third kappa shape index (κ3) is 3.43. The molecule has 6 nitrogen and oxygen atoms in total. The number of benzene rings is 1. The number of hydrogen-bond donors (Lipinski definition) is 2. The van der Waals surface area contributed by atoms with E-state index in [4.69, 9.17) is 5.26 Å². The second-order valence-corrected chi connectivity index (χ2v) is 4.30. The fourth-order valence-corrected chi connectivity index (χ4v) is 1.30. The molecule has 0 spiro atoms. The topological polar surface area (TPSA) is 99.2 Å². The molecule has 96 valence electrons. The van der Waals surface area contributed by atoms with Gasteiger partial charge in [-0.15, -0.1) is 0 Å². The van der Waals surface area contributed by atoms with E-state index in [0.29, 0.717) is 12.1 Å². The number of hydrogen-bond acceptors (Lipinski definition) is 5. The predicted octanol–water partition coefficient (Wildman–Crippen LogP) is 2.04. The number of nitro groups is 1. The highest BCUT2D eigenvalue weighted by Crippen LogP contribution is 2.22. The van der Waals surface area contributed by atoms with Gasteiger partial charge in [0.05, 0.1) is 21.8 Å². The van der Waals surface area contributed by atoms with Crippen LogP contribution in [-0.4, -0.2) is 22.2 Å². The first-order valence-corrected chi connectivity index (χ1v) is 5.54. The zero-order chi connectivity index (χ0) is 13.8. The van der Waals surface area contributed by atoms with Crippen molar-refractivity contribution >= 4 is 11.4 Å². The molecular weight excluding hydrogens is 234 g/mol. The monoisotopic (exact) mass is 249 g/mol. The number of non-ortho nitro benzene ring substituents is 1. The Morgan fingerprint density at radius 2 is 2.28 bits per heavy atom. The van der Waals surface area contributed by atoms with E-state index in [1.807, 2.05) is 13.0 Å². The minimum atomic E-state index is -0.880. The fourth-order valence-electron chi connectivity index (χ4n) is 1.30. The van der Waals surface area contributed by atoms with Crippen LogP contribution in [-0.2, 0) is 0 Å². The van der Waals surface area contributed by atoms with Crippen LogP contribution in [0.3, 0.4) is 0 Å². The zero-order valence-corrected chi connectivity index (χ0v) is 10.3. The van der Waals surface area contributed by atoms with Crippen molar-refractivity contribution in [2.24, 2.45) is 0 Å². The molecule has 0 bridgehead atoms. The van der Waals surface area contributed by atoms with Crippen LogP contribution in [0.1, 0.15) is 25.8 Å². The van der Waals surface area contributed by atoms with Crippen LogP contribution >= 0.6 is 0 Å². The molecule has 0 amide bonds. The van der Waals surface area contributed by atoms with Gasteiger partial charge in [-0.3, -0.25) is 10.1 Å². The van der Waals surface area contributed by atoms with Gasteiger partial charge in [-0.2, -0.15) is 5.26 Å². The van der Waals surface area contributed by atoms with Crippen LogP contribution in [0, 0.1) is 21.4 Å². The minimum absolute atomic E-state index is 0.126. The average Bonchev–Trinajstić information content (AvgIpc) is 2.36. The molecule has 0 fully saturated rings. The number of aliphatic hydroxyl groups is 1. The molecular formula is C12H15N3O3. The lowest BCUT2D eigenvalue weighted by Crippen LogP contribution is -2.32. The number of nitro benzene ring substituents is 1. The SMILES string of the molecule is CCC(C)(O)CNc1ccc([N+](=O)[O-])cc1C#N. The summed E-state index contributed by atoms with van der Waals surface area (Å²) in [7, 11) is 0. The summed E-state index contributed by atoms with van der Waals surface area (Å²) in [5.74, 6) is 0. The lowest BCUT2D eigenvalue weighted by molar-refractivity contribution is -0.384. The molecule has 1 rings (SSSR count). The van der Waals surface area contributed by atoms with E-state index in [2.05, 4.69) is 5.32 Å². The van der Waals surface area contributed by atoms with Crippen LogP contribution in [0.25, 0.3) is 0 Å². The first-order chi connectivity index (χ1) is 8.39. The lowest BCUT2D eigenvalue weighted by atomic mass is 10.0. The normalized spacial score (nSPS) is 13.4. The van der Waals surface area contributed by atoms with E-state index in [-0.39, 0.29) is 17.8 Å². The molecule has 0 aliphatic rings. The fraction of sp³-hybridized carbons (Fsp3) is 0.417. The Balaban J connectivity index is 2.91. The molecule has 6 heteroatoms. The molecule has 0 radical (unpaired) electrons. The number of nitriles is 1. The largest absolute Gasteiger partial charge is 0.388 e. The lowest BCUT2D eigenvalue weighted by Gasteiger charge is -2.22. The Kier molecular flexibility index (Phi) is 4.23. The number of nitrogens with one attached hydrogen (secondary N) is 1. The van der Waals surface area contributed by atoms with Crippen molar-refractivity contribution in [3.05, 3.63) is 33.9 Å². The van der Waals surface area contributed by atoms with Crippen molar-refractivity contribution in [2.75, 3.05) is 11.9 Å². The van der Waals surface area contributed by atoms with Crippen LogP contribution in [0.15, 0.2) is 18.2 Å². The summed E-state index contributed by atoms with van der Waals surface area (Å²) in [5.41, 5.74) is -0.332. The second kappa shape index (κ2) is 5.47. The van der Waals surface area contributed by atoms with Gasteiger partial charge in [0, 0.05) is 18.7 Å². The zero-order valence-electron chi connectivity index (χ0n) is 10.3. The minimum Gasteiger partial charge on any atom is -0.388 e. The highest BCUT2D eigenvalue weighted by atomic mass is 16.6. The van der Waals surface area contributed by atoms with Crippen LogP contribution < -0.4 is 5.32 Å². The van der Waals surface area contributed by atoms with Gasteiger partial charge in [-0.1, -0.05) is 6.92 Å². The Hall–Kier alpha value is -2.13. The molecule has 2 N–H and O–H groups in total. The molecule has 0 saturated heterocycles. The van der Waals surface area contributed by atoms with Gasteiger partial charge >= 0.3 is 0 Å². The molecule has 0 aromatic heterocycles. The highest BCUT2D eigenvalue weighted by Gasteiger charge is 2.18. The molecule has 0 saturated carbocycles.